The molecule has 0 spiro atoms. The van der Waals surface area contributed by atoms with Crippen LogP contribution in [-0.2, 0) is 6.42 Å². The molecule has 0 bridgehead atoms. The van der Waals surface area contributed by atoms with Gasteiger partial charge in [0.15, 0.2) is 0 Å². The molecule has 2 nitrogen and oxygen atoms in total. The number of halogens is 1. The summed E-state index contributed by atoms with van der Waals surface area (Å²) < 4.78 is 0. The maximum absolute atomic E-state index is 5.94. The van der Waals surface area contributed by atoms with Gasteiger partial charge in [-0.2, -0.15) is 0 Å². The van der Waals surface area contributed by atoms with Crippen LogP contribution in [0.3, 0.4) is 0 Å². The number of hydrogen-bond donors (Lipinski definition) is 0. The van der Waals surface area contributed by atoms with Gasteiger partial charge < -0.3 is 4.90 Å². The predicted octanol–water partition coefficient (Wildman–Crippen LogP) is 4.50. The number of benzene rings is 1. The Balaban J connectivity index is 1.60. The van der Waals surface area contributed by atoms with Crippen LogP contribution in [0.25, 0.3) is 0 Å². The molecule has 3 rings (SSSR count). The number of hydrogen-bond acceptors (Lipinski definition) is 2. The van der Waals surface area contributed by atoms with Gasteiger partial charge in [0.2, 0.25) is 0 Å². The molecule has 1 aromatic carbocycles. The molecule has 1 aliphatic heterocycles. The molecule has 0 saturated carbocycles. The Morgan fingerprint density at radius 3 is 2.57 bits per heavy atom. The second kappa shape index (κ2) is 6.48. The van der Waals surface area contributed by atoms with Crippen LogP contribution in [0.4, 0.5) is 5.69 Å². The molecule has 0 aliphatic carbocycles. The van der Waals surface area contributed by atoms with E-state index >= 15 is 0 Å². The molecular formula is C18H21ClN2. The van der Waals surface area contributed by atoms with Crippen molar-refractivity contribution in [3.8, 4) is 0 Å². The lowest BCUT2D eigenvalue weighted by atomic mass is 9.90. The molecule has 1 aromatic heterocycles. The summed E-state index contributed by atoms with van der Waals surface area (Å²) in [6.45, 7) is 4.34. The van der Waals surface area contributed by atoms with Gasteiger partial charge in [0.1, 0.15) is 5.15 Å². The Morgan fingerprint density at radius 2 is 1.90 bits per heavy atom. The average Bonchev–Trinajstić information content (AvgIpc) is 2.49. The maximum atomic E-state index is 5.94. The fourth-order valence-electron chi connectivity index (χ4n) is 3.17. The zero-order chi connectivity index (χ0) is 14.7. The summed E-state index contributed by atoms with van der Waals surface area (Å²) in [5.41, 5.74) is 3.91. The summed E-state index contributed by atoms with van der Waals surface area (Å²) in [6, 6.07) is 12.8. The lowest BCUT2D eigenvalue weighted by molar-refractivity contribution is 0.403. The molecule has 0 unspecified atom stereocenters. The molecule has 110 valence electrons. The van der Waals surface area contributed by atoms with E-state index in [2.05, 4.69) is 47.1 Å². The lowest BCUT2D eigenvalue weighted by Crippen LogP contribution is -2.34. The number of piperidine rings is 1. The quantitative estimate of drug-likeness (QED) is 0.776. The molecule has 2 heterocycles. The van der Waals surface area contributed by atoms with Crippen LogP contribution in [0.1, 0.15) is 24.0 Å². The average molecular weight is 301 g/mol. The third-order valence-corrected chi connectivity index (χ3v) is 4.58. The highest BCUT2D eigenvalue weighted by atomic mass is 35.5. The molecule has 21 heavy (non-hydrogen) atoms. The van der Waals surface area contributed by atoms with E-state index in [0.29, 0.717) is 5.15 Å². The molecule has 0 N–H and O–H groups in total. The van der Waals surface area contributed by atoms with Crippen molar-refractivity contribution in [1.29, 1.82) is 0 Å². The van der Waals surface area contributed by atoms with Crippen LogP contribution >= 0.6 is 11.6 Å². The number of anilines is 1. The van der Waals surface area contributed by atoms with Crippen LogP contribution in [-0.4, -0.2) is 18.1 Å². The van der Waals surface area contributed by atoms with E-state index in [1.54, 1.807) is 0 Å². The van der Waals surface area contributed by atoms with Crippen LogP contribution in [0.15, 0.2) is 42.6 Å². The lowest BCUT2D eigenvalue weighted by Gasteiger charge is -2.34. The van der Waals surface area contributed by atoms with Gasteiger partial charge in [-0.3, -0.25) is 0 Å². The first kappa shape index (κ1) is 14.4. The molecule has 3 heteroatoms. The zero-order valence-electron chi connectivity index (χ0n) is 12.4. The van der Waals surface area contributed by atoms with Crippen LogP contribution in [0.5, 0.6) is 0 Å². The van der Waals surface area contributed by atoms with Crippen molar-refractivity contribution in [3.63, 3.8) is 0 Å². The molecule has 0 atom stereocenters. The van der Waals surface area contributed by atoms with E-state index in [1.807, 2.05) is 12.3 Å². The fraction of sp³-hybridized carbons (Fsp3) is 0.389. The first-order valence-corrected chi connectivity index (χ1v) is 8.01. The minimum absolute atomic E-state index is 0.579. The molecule has 1 fully saturated rings. The van der Waals surface area contributed by atoms with Crippen molar-refractivity contribution in [2.24, 2.45) is 5.92 Å². The summed E-state index contributed by atoms with van der Waals surface area (Å²) in [7, 11) is 0. The van der Waals surface area contributed by atoms with Gasteiger partial charge in [0.25, 0.3) is 0 Å². The van der Waals surface area contributed by atoms with E-state index in [-0.39, 0.29) is 0 Å². The Hall–Kier alpha value is -1.54. The van der Waals surface area contributed by atoms with Crippen molar-refractivity contribution < 1.29 is 0 Å². The highest BCUT2D eigenvalue weighted by molar-refractivity contribution is 6.29. The van der Waals surface area contributed by atoms with Crippen molar-refractivity contribution in [3.05, 3.63) is 58.9 Å². The first-order chi connectivity index (χ1) is 10.2. The maximum Gasteiger partial charge on any atom is 0.129 e. The topological polar surface area (TPSA) is 16.1 Å². The minimum atomic E-state index is 0.579. The normalized spacial score (nSPS) is 16.2. The van der Waals surface area contributed by atoms with Crippen LogP contribution in [0.2, 0.25) is 5.15 Å². The SMILES string of the molecule is Cc1cc(Cl)ncc1N1CCC(Cc2ccccc2)CC1. The van der Waals surface area contributed by atoms with Gasteiger partial charge in [-0.15, -0.1) is 0 Å². The summed E-state index contributed by atoms with van der Waals surface area (Å²) in [5.74, 6) is 0.796. The van der Waals surface area contributed by atoms with Gasteiger partial charge in [-0.1, -0.05) is 41.9 Å². The largest absolute Gasteiger partial charge is 0.370 e. The molecular weight excluding hydrogens is 280 g/mol. The van der Waals surface area contributed by atoms with Crippen molar-refractivity contribution in [2.75, 3.05) is 18.0 Å². The summed E-state index contributed by atoms with van der Waals surface area (Å²) in [4.78, 5) is 6.67. The number of pyridine rings is 1. The number of nitrogens with zero attached hydrogens (tertiary/aromatic N) is 2. The fourth-order valence-corrected chi connectivity index (χ4v) is 3.38. The standard InChI is InChI=1S/C18H21ClN2/c1-14-11-18(19)20-13-17(14)21-9-7-16(8-10-21)12-15-5-3-2-4-6-15/h2-6,11,13,16H,7-10,12H2,1H3. The Labute approximate surface area is 131 Å². The molecule has 1 aliphatic rings. The third-order valence-electron chi connectivity index (χ3n) is 4.37. The summed E-state index contributed by atoms with van der Waals surface area (Å²) >= 11 is 5.94. The predicted molar refractivity (Wildman–Crippen MR) is 89.1 cm³/mol. The van der Waals surface area contributed by atoms with E-state index in [4.69, 9.17) is 11.6 Å². The van der Waals surface area contributed by atoms with Crippen LogP contribution < -0.4 is 4.90 Å². The summed E-state index contributed by atoms with van der Waals surface area (Å²) in [6.07, 6.45) is 5.61. The van der Waals surface area contributed by atoms with Crippen molar-refractivity contribution in [1.82, 2.24) is 4.98 Å². The summed E-state index contributed by atoms with van der Waals surface area (Å²) in [5, 5.41) is 0.579. The zero-order valence-corrected chi connectivity index (χ0v) is 13.2. The molecule has 0 radical (unpaired) electrons. The molecule has 1 saturated heterocycles. The minimum Gasteiger partial charge on any atom is -0.370 e. The van der Waals surface area contributed by atoms with Gasteiger partial charge >= 0.3 is 0 Å². The molecule has 0 amide bonds. The van der Waals surface area contributed by atoms with E-state index in [1.165, 1.54) is 36.1 Å². The van der Waals surface area contributed by atoms with Gasteiger partial charge in [0, 0.05) is 13.1 Å². The third kappa shape index (κ3) is 3.56. The highest BCUT2D eigenvalue weighted by Crippen LogP contribution is 2.28. The molecule has 2 aromatic rings. The monoisotopic (exact) mass is 300 g/mol. The number of rotatable bonds is 3. The Kier molecular flexibility index (Phi) is 4.45. The van der Waals surface area contributed by atoms with Gasteiger partial charge in [0.05, 0.1) is 11.9 Å². The van der Waals surface area contributed by atoms with E-state index in [9.17, 15) is 0 Å². The van der Waals surface area contributed by atoms with Gasteiger partial charge in [-0.25, -0.2) is 4.98 Å². The number of aryl methyl sites for hydroxylation is 1. The van der Waals surface area contributed by atoms with Crippen molar-refractivity contribution in [2.45, 2.75) is 26.2 Å². The number of aromatic nitrogens is 1. The second-order valence-corrected chi connectivity index (χ2v) is 6.30. The Bertz CT molecular complexity index is 589. The van der Waals surface area contributed by atoms with Crippen LogP contribution in [0, 0.1) is 12.8 Å². The van der Waals surface area contributed by atoms with E-state index < -0.39 is 0 Å². The highest BCUT2D eigenvalue weighted by Gasteiger charge is 2.20. The second-order valence-electron chi connectivity index (χ2n) is 5.91. The smallest absolute Gasteiger partial charge is 0.129 e. The van der Waals surface area contributed by atoms with Crippen molar-refractivity contribution >= 4 is 17.3 Å². The van der Waals surface area contributed by atoms with Gasteiger partial charge in [-0.05, 0) is 49.3 Å². The van der Waals surface area contributed by atoms with E-state index in [0.717, 1.165) is 19.0 Å². The first-order valence-electron chi connectivity index (χ1n) is 7.63. The Morgan fingerprint density at radius 1 is 1.19 bits per heavy atom.